The molecule has 0 spiro atoms. The lowest BCUT2D eigenvalue weighted by Crippen LogP contribution is -2.01. The lowest BCUT2D eigenvalue weighted by Gasteiger charge is -2.06. The van der Waals surface area contributed by atoms with Gasteiger partial charge in [0.15, 0.2) is 0 Å². The van der Waals surface area contributed by atoms with Gasteiger partial charge in [-0.05, 0) is 30.9 Å². The van der Waals surface area contributed by atoms with E-state index in [0.717, 1.165) is 30.5 Å². The zero-order chi connectivity index (χ0) is 11.8. The monoisotopic (exact) mass is 222 g/mol. The van der Waals surface area contributed by atoms with Crippen LogP contribution < -0.4 is 5.32 Å². The summed E-state index contributed by atoms with van der Waals surface area (Å²) >= 11 is 0. The highest BCUT2D eigenvalue weighted by molar-refractivity contribution is 5.33. The Morgan fingerprint density at radius 3 is 2.88 bits per heavy atom. The van der Waals surface area contributed by atoms with Crippen LogP contribution in [0.1, 0.15) is 32.4 Å². The first-order valence-corrected chi connectivity index (χ1v) is 5.94. The van der Waals surface area contributed by atoms with Crippen LogP contribution in [0.5, 0.6) is 0 Å². The first-order valence-electron chi connectivity index (χ1n) is 5.94. The van der Waals surface area contributed by atoms with Crippen molar-refractivity contribution in [2.24, 2.45) is 5.92 Å². The number of ether oxygens (including phenoxy) is 1. The van der Waals surface area contributed by atoms with Crippen LogP contribution in [0.2, 0.25) is 0 Å². The molecule has 0 aliphatic heterocycles. The summed E-state index contributed by atoms with van der Waals surface area (Å²) in [5.41, 5.74) is 0.983. The first kappa shape index (κ1) is 13.0. The number of aromatic nitrogens is 1. The van der Waals surface area contributed by atoms with Crippen LogP contribution in [-0.2, 0) is 11.3 Å². The van der Waals surface area contributed by atoms with Gasteiger partial charge in [0.2, 0.25) is 0 Å². The minimum absolute atomic E-state index is 0.605. The number of anilines is 1. The van der Waals surface area contributed by atoms with Gasteiger partial charge in [0.25, 0.3) is 0 Å². The van der Waals surface area contributed by atoms with E-state index in [1.54, 1.807) is 0 Å². The second-order valence-corrected chi connectivity index (χ2v) is 4.35. The highest BCUT2D eigenvalue weighted by atomic mass is 16.5. The molecule has 0 saturated carbocycles. The smallest absolute Gasteiger partial charge is 0.126 e. The largest absolute Gasteiger partial charge is 0.375 e. The van der Waals surface area contributed by atoms with Crippen LogP contribution in [0.25, 0.3) is 0 Å². The number of hydrogen-bond acceptors (Lipinski definition) is 3. The van der Waals surface area contributed by atoms with Crippen LogP contribution in [0, 0.1) is 5.92 Å². The third-order valence-electron chi connectivity index (χ3n) is 2.38. The summed E-state index contributed by atoms with van der Waals surface area (Å²) in [5.74, 6) is 1.65. The molecule has 0 aliphatic carbocycles. The molecule has 0 aromatic carbocycles. The van der Waals surface area contributed by atoms with Gasteiger partial charge in [-0.1, -0.05) is 19.9 Å². The Labute approximate surface area is 98.2 Å². The van der Waals surface area contributed by atoms with Gasteiger partial charge < -0.3 is 10.1 Å². The van der Waals surface area contributed by atoms with E-state index in [2.05, 4.69) is 24.1 Å². The molecule has 0 bridgehead atoms. The van der Waals surface area contributed by atoms with E-state index in [-0.39, 0.29) is 0 Å². The van der Waals surface area contributed by atoms with Crippen molar-refractivity contribution >= 4 is 5.82 Å². The molecule has 3 nitrogen and oxygen atoms in total. The van der Waals surface area contributed by atoms with E-state index in [0.29, 0.717) is 6.61 Å². The summed E-state index contributed by atoms with van der Waals surface area (Å²) < 4.78 is 5.58. The van der Waals surface area contributed by atoms with Crippen molar-refractivity contribution in [3.05, 3.63) is 23.9 Å². The molecule has 16 heavy (non-hydrogen) atoms. The number of hydrogen-bond donors (Lipinski definition) is 1. The van der Waals surface area contributed by atoms with E-state index < -0.39 is 0 Å². The lowest BCUT2D eigenvalue weighted by molar-refractivity contribution is 0.112. The Morgan fingerprint density at radius 2 is 2.19 bits per heavy atom. The minimum Gasteiger partial charge on any atom is -0.375 e. The summed E-state index contributed by atoms with van der Waals surface area (Å²) in [5, 5.41) is 3.02. The second-order valence-electron chi connectivity index (χ2n) is 4.35. The molecule has 0 radical (unpaired) electrons. The predicted molar refractivity (Wildman–Crippen MR) is 67.5 cm³/mol. The number of nitrogens with zero attached hydrogens (tertiary/aromatic N) is 1. The molecule has 0 unspecified atom stereocenters. The van der Waals surface area contributed by atoms with Crippen molar-refractivity contribution in [3.8, 4) is 0 Å². The van der Waals surface area contributed by atoms with Crippen molar-refractivity contribution < 1.29 is 4.74 Å². The highest BCUT2D eigenvalue weighted by Gasteiger charge is 1.97. The summed E-state index contributed by atoms with van der Waals surface area (Å²) in [6, 6.07) is 5.93. The average Bonchev–Trinajstić information content (AvgIpc) is 2.28. The Morgan fingerprint density at radius 1 is 1.38 bits per heavy atom. The lowest BCUT2D eigenvalue weighted by atomic mass is 10.1. The zero-order valence-corrected chi connectivity index (χ0v) is 10.5. The maximum Gasteiger partial charge on any atom is 0.126 e. The van der Waals surface area contributed by atoms with E-state index >= 15 is 0 Å². The van der Waals surface area contributed by atoms with Gasteiger partial charge in [0.1, 0.15) is 5.82 Å². The third kappa shape index (κ3) is 5.12. The molecule has 0 saturated heterocycles. The molecule has 0 aliphatic rings. The molecular weight excluding hydrogens is 200 g/mol. The molecule has 3 heteroatoms. The van der Waals surface area contributed by atoms with Crippen LogP contribution >= 0.6 is 0 Å². The molecule has 90 valence electrons. The molecule has 1 N–H and O–H groups in total. The molecule has 1 heterocycles. The van der Waals surface area contributed by atoms with Crippen molar-refractivity contribution in [1.29, 1.82) is 0 Å². The van der Waals surface area contributed by atoms with Gasteiger partial charge in [0, 0.05) is 13.7 Å². The molecule has 0 atom stereocenters. The van der Waals surface area contributed by atoms with Crippen molar-refractivity contribution in [3.63, 3.8) is 0 Å². The topological polar surface area (TPSA) is 34.1 Å². The summed E-state index contributed by atoms with van der Waals surface area (Å²) in [6.07, 6.45) is 2.35. The third-order valence-corrected chi connectivity index (χ3v) is 2.38. The normalized spacial score (nSPS) is 10.8. The Bertz CT molecular complexity index is 300. The van der Waals surface area contributed by atoms with Crippen LogP contribution in [0.15, 0.2) is 18.2 Å². The summed E-state index contributed by atoms with van der Waals surface area (Å²) in [7, 11) is 1.87. The second kappa shape index (κ2) is 7.23. The van der Waals surface area contributed by atoms with Crippen molar-refractivity contribution in [2.75, 3.05) is 19.0 Å². The number of nitrogens with one attached hydrogen (secondary N) is 1. The van der Waals surface area contributed by atoms with Crippen molar-refractivity contribution in [1.82, 2.24) is 4.98 Å². The molecule has 1 aromatic heterocycles. The SMILES string of the molecule is CNc1cccc(COCCCC(C)C)n1. The van der Waals surface area contributed by atoms with Gasteiger partial charge in [-0.3, -0.25) is 0 Å². The zero-order valence-electron chi connectivity index (χ0n) is 10.5. The molecule has 1 aromatic rings. The fourth-order valence-corrected chi connectivity index (χ4v) is 1.47. The fraction of sp³-hybridized carbons (Fsp3) is 0.615. The maximum absolute atomic E-state index is 5.58. The number of pyridine rings is 1. The van der Waals surface area contributed by atoms with E-state index in [1.165, 1.54) is 6.42 Å². The minimum atomic E-state index is 0.605. The van der Waals surface area contributed by atoms with Crippen molar-refractivity contribution in [2.45, 2.75) is 33.3 Å². The molecular formula is C13H22N2O. The van der Waals surface area contributed by atoms with Crippen LogP contribution in [0.4, 0.5) is 5.82 Å². The molecule has 1 rings (SSSR count). The Hall–Kier alpha value is -1.09. The van der Waals surface area contributed by atoms with Gasteiger partial charge in [-0.15, -0.1) is 0 Å². The van der Waals surface area contributed by atoms with Crippen LogP contribution in [0.3, 0.4) is 0 Å². The standard InChI is InChI=1S/C13H22N2O/c1-11(2)6-5-9-16-10-12-7-4-8-13(14-3)15-12/h4,7-8,11H,5-6,9-10H2,1-3H3,(H,14,15). The maximum atomic E-state index is 5.58. The predicted octanol–water partition coefficient (Wildman–Crippen LogP) is 3.08. The van der Waals surface area contributed by atoms with Crippen LogP contribution in [-0.4, -0.2) is 18.6 Å². The van der Waals surface area contributed by atoms with E-state index in [9.17, 15) is 0 Å². The first-order chi connectivity index (χ1) is 7.72. The average molecular weight is 222 g/mol. The quantitative estimate of drug-likeness (QED) is 0.720. The number of rotatable bonds is 7. The van der Waals surface area contributed by atoms with Gasteiger partial charge in [0.05, 0.1) is 12.3 Å². The summed E-state index contributed by atoms with van der Waals surface area (Å²) in [4.78, 5) is 4.39. The van der Waals surface area contributed by atoms with Gasteiger partial charge in [-0.2, -0.15) is 0 Å². The Kier molecular flexibility index (Phi) is 5.86. The Balaban J connectivity index is 2.21. The van der Waals surface area contributed by atoms with Gasteiger partial charge in [-0.25, -0.2) is 4.98 Å². The molecule has 0 fully saturated rings. The van der Waals surface area contributed by atoms with Gasteiger partial charge >= 0.3 is 0 Å². The molecule has 0 amide bonds. The highest BCUT2D eigenvalue weighted by Crippen LogP contribution is 2.07. The van der Waals surface area contributed by atoms with E-state index in [4.69, 9.17) is 4.74 Å². The fourth-order valence-electron chi connectivity index (χ4n) is 1.47. The summed E-state index contributed by atoms with van der Waals surface area (Å²) in [6.45, 7) is 5.90. The van der Waals surface area contributed by atoms with E-state index in [1.807, 2.05) is 25.2 Å².